The van der Waals surface area contributed by atoms with Gasteiger partial charge in [-0.2, -0.15) is 0 Å². The first-order valence-corrected chi connectivity index (χ1v) is 10.1. The third-order valence-electron chi connectivity index (χ3n) is 4.11. The molecule has 2 unspecified atom stereocenters. The number of rotatable bonds is 4. The molecule has 0 spiro atoms. The van der Waals surface area contributed by atoms with Crippen LogP contribution in [0.25, 0.3) is 0 Å². The summed E-state index contributed by atoms with van der Waals surface area (Å²) in [7, 11) is -3.59. The summed E-state index contributed by atoms with van der Waals surface area (Å²) in [6, 6.07) is 7.12. The van der Waals surface area contributed by atoms with Crippen LogP contribution in [-0.2, 0) is 20.4 Å². The summed E-state index contributed by atoms with van der Waals surface area (Å²) in [6.07, 6.45) is 2.98. The lowest BCUT2D eigenvalue weighted by molar-refractivity contribution is -0.146. The molecular formula is C16H16Br2O4S. The van der Waals surface area contributed by atoms with Crippen LogP contribution in [0.4, 0.5) is 0 Å². The number of carboxylic acids is 1. The maximum atomic E-state index is 12.7. The van der Waals surface area contributed by atoms with E-state index in [1.807, 2.05) is 6.07 Å². The van der Waals surface area contributed by atoms with Gasteiger partial charge in [0, 0.05) is 8.96 Å². The molecule has 0 amide bonds. The zero-order chi connectivity index (χ0) is 17.4. The molecule has 0 bridgehead atoms. The molecule has 124 valence electrons. The summed E-state index contributed by atoms with van der Waals surface area (Å²) in [5.74, 6) is -1.58. The first-order valence-electron chi connectivity index (χ1n) is 6.88. The van der Waals surface area contributed by atoms with Gasteiger partial charge in [0.25, 0.3) is 0 Å². The molecule has 1 N–H and O–H groups in total. The van der Waals surface area contributed by atoms with E-state index >= 15 is 0 Å². The zero-order valence-corrected chi connectivity index (χ0v) is 16.6. The molecule has 0 aliphatic heterocycles. The van der Waals surface area contributed by atoms with Crippen LogP contribution in [0, 0.1) is 11.3 Å². The Kier molecular flexibility index (Phi) is 5.23. The number of allylic oxidation sites excluding steroid dienone is 2. The molecule has 0 fully saturated rings. The van der Waals surface area contributed by atoms with Crippen LogP contribution < -0.4 is 0 Å². The molecule has 1 aromatic rings. The van der Waals surface area contributed by atoms with Crippen LogP contribution in [0.5, 0.6) is 0 Å². The lowest BCUT2D eigenvalue weighted by atomic mass is 9.75. The van der Waals surface area contributed by atoms with Gasteiger partial charge in [-0.15, -0.1) is 0 Å². The summed E-state index contributed by atoms with van der Waals surface area (Å²) in [4.78, 5) is 11.6. The summed E-state index contributed by atoms with van der Waals surface area (Å²) in [5, 5.41) is 9.40. The number of sulfone groups is 1. The minimum atomic E-state index is -3.59. The molecule has 23 heavy (non-hydrogen) atoms. The fraction of sp³-hybridized carbons (Fsp3) is 0.312. The maximum absolute atomic E-state index is 12.7. The largest absolute Gasteiger partial charge is 0.481 e. The average molecular weight is 464 g/mol. The van der Waals surface area contributed by atoms with Crippen molar-refractivity contribution >= 4 is 47.7 Å². The minimum Gasteiger partial charge on any atom is -0.481 e. The fourth-order valence-corrected chi connectivity index (χ4v) is 5.89. The Morgan fingerprint density at radius 2 is 1.91 bits per heavy atom. The van der Waals surface area contributed by atoms with Crippen molar-refractivity contribution in [1.82, 2.24) is 0 Å². The number of hydrogen-bond acceptors (Lipinski definition) is 3. The maximum Gasteiger partial charge on any atom is 0.313 e. The van der Waals surface area contributed by atoms with Crippen LogP contribution in [0.15, 0.2) is 50.3 Å². The van der Waals surface area contributed by atoms with Crippen molar-refractivity contribution in [1.29, 1.82) is 0 Å². The van der Waals surface area contributed by atoms with Crippen molar-refractivity contribution in [3.8, 4) is 0 Å². The number of aliphatic carboxylic acids is 1. The van der Waals surface area contributed by atoms with Gasteiger partial charge in [-0.3, -0.25) is 4.79 Å². The monoisotopic (exact) mass is 462 g/mol. The number of halogens is 2. The van der Waals surface area contributed by atoms with E-state index in [1.54, 1.807) is 32.0 Å². The van der Waals surface area contributed by atoms with Crippen molar-refractivity contribution in [2.75, 3.05) is 0 Å². The summed E-state index contributed by atoms with van der Waals surface area (Å²) in [5.41, 5.74) is -0.474. The van der Waals surface area contributed by atoms with Gasteiger partial charge in [0.1, 0.15) is 0 Å². The van der Waals surface area contributed by atoms with Crippen molar-refractivity contribution in [2.24, 2.45) is 11.3 Å². The topological polar surface area (TPSA) is 71.4 Å². The molecule has 4 nitrogen and oxygen atoms in total. The van der Waals surface area contributed by atoms with Gasteiger partial charge in [0.2, 0.25) is 0 Å². The average Bonchev–Trinajstić information content (AvgIpc) is 2.44. The van der Waals surface area contributed by atoms with Gasteiger partial charge in [-0.25, -0.2) is 8.42 Å². The fourth-order valence-electron chi connectivity index (χ4n) is 2.35. The Bertz CT molecular complexity index is 811. The molecule has 1 aliphatic carbocycles. The molecule has 7 heteroatoms. The van der Waals surface area contributed by atoms with Gasteiger partial charge in [0.15, 0.2) is 9.84 Å². The van der Waals surface area contributed by atoms with Crippen molar-refractivity contribution < 1.29 is 18.3 Å². The molecule has 2 atom stereocenters. The molecule has 1 aliphatic rings. The van der Waals surface area contributed by atoms with E-state index in [1.165, 1.54) is 12.2 Å². The molecule has 0 radical (unpaired) electrons. The molecule has 0 heterocycles. The van der Waals surface area contributed by atoms with Crippen LogP contribution in [0.3, 0.4) is 0 Å². The molecule has 0 saturated carbocycles. The quantitative estimate of drug-likeness (QED) is 0.723. The molecular weight excluding hydrogens is 448 g/mol. The van der Waals surface area contributed by atoms with Crippen LogP contribution in [0.1, 0.15) is 19.4 Å². The van der Waals surface area contributed by atoms with E-state index in [9.17, 15) is 18.3 Å². The third-order valence-corrected chi connectivity index (χ3v) is 7.52. The van der Waals surface area contributed by atoms with Crippen LogP contribution >= 0.6 is 31.9 Å². The Hall–Kier alpha value is -0.920. The van der Waals surface area contributed by atoms with Crippen molar-refractivity contribution in [3.05, 3.63) is 55.8 Å². The Labute approximate surface area is 152 Å². The molecule has 0 aromatic heterocycles. The van der Waals surface area contributed by atoms with Gasteiger partial charge < -0.3 is 5.11 Å². The summed E-state index contributed by atoms with van der Waals surface area (Å²) < 4.78 is 26.5. The lowest BCUT2D eigenvalue weighted by Crippen LogP contribution is -2.34. The summed E-state index contributed by atoms with van der Waals surface area (Å²) in [6.45, 7) is 3.28. The number of benzene rings is 1. The first kappa shape index (κ1) is 18.4. The van der Waals surface area contributed by atoms with Gasteiger partial charge in [-0.1, -0.05) is 53.2 Å². The second kappa shape index (κ2) is 6.53. The lowest BCUT2D eigenvalue weighted by Gasteiger charge is -2.31. The van der Waals surface area contributed by atoms with Gasteiger partial charge in [0.05, 0.1) is 16.1 Å². The number of carboxylic acid groups (broad SMARTS) is 1. The zero-order valence-electron chi connectivity index (χ0n) is 12.6. The minimum absolute atomic E-state index is 0.138. The second-order valence-corrected chi connectivity index (χ2v) is 9.42. The molecule has 0 saturated heterocycles. The summed E-state index contributed by atoms with van der Waals surface area (Å²) >= 11 is 6.58. The highest BCUT2D eigenvalue weighted by molar-refractivity contribution is 9.12. The van der Waals surface area contributed by atoms with E-state index < -0.39 is 27.1 Å². The molecule has 1 aromatic carbocycles. The second-order valence-electron chi connectivity index (χ2n) is 5.75. The van der Waals surface area contributed by atoms with Crippen LogP contribution in [0.2, 0.25) is 0 Å². The van der Waals surface area contributed by atoms with Crippen molar-refractivity contribution in [3.63, 3.8) is 0 Å². The highest BCUT2D eigenvalue weighted by Crippen LogP contribution is 2.42. The van der Waals surface area contributed by atoms with E-state index in [0.717, 1.165) is 4.47 Å². The van der Waals surface area contributed by atoms with E-state index in [2.05, 4.69) is 31.9 Å². The Balaban J connectivity index is 2.40. The van der Waals surface area contributed by atoms with E-state index in [-0.39, 0.29) is 10.7 Å². The highest BCUT2D eigenvalue weighted by atomic mass is 79.9. The third kappa shape index (κ3) is 3.61. The van der Waals surface area contributed by atoms with Gasteiger partial charge in [-0.05, 0) is 40.4 Å². The Morgan fingerprint density at radius 3 is 2.48 bits per heavy atom. The van der Waals surface area contributed by atoms with Crippen LogP contribution in [-0.4, -0.2) is 19.5 Å². The first-order chi connectivity index (χ1) is 10.6. The number of hydrogen-bond donors (Lipinski definition) is 1. The predicted octanol–water partition coefficient (Wildman–Crippen LogP) is 4.27. The van der Waals surface area contributed by atoms with E-state index in [4.69, 9.17) is 0 Å². The highest BCUT2D eigenvalue weighted by Gasteiger charge is 2.41. The van der Waals surface area contributed by atoms with Crippen molar-refractivity contribution in [2.45, 2.75) is 19.6 Å². The van der Waals surface area contributed by atoms with E-state index in [0.29, 0.717) is 10.0 Å². The SMILES string of the molecule is CC1C=C(S(=O)(=O)Cc2ccccc2Br)C(Br)=CC1(C)C(=O)O. The normalized spacial score (nSPS) is 24.8. The Morgan fingerprint density at radius 1 is 1.30 bits per heavy atom. The van der Waals surface area contributed by atoms with Gasteiger partial charge >= 0.3 is 5.97 Å². The number of carbonyl (C=O) groups is 1. The molecule has 2 rings (SSSR count). The smallest absolute Gasteiger partial charge is 0.313 e. The standard InChI is InChI=1S/C16H16Br2O4S/c1-10-7-14(13(18)8-16(10,2)15(19)20)23(21,22)9-11-5-3-4-6-12(11)17/h3-8,10H,9H2,1-2H3,(H,19,20). The predicted molar refractivity (Wildman–Crippen MR) is 96.8 cm³/mol.